The highest BCUT2D eigenvalue weighted by molar-refractivity contribution is 7.86. The van der Waals surface area contributed by atoms with Crippen LogP contribution in [-0.2, 0) is 14.3 Å². The van der Waals surface area contributed by atoms with Crippen LogP contribution < -0.4 is 4.74 Å². The SMILES string of the molecule is CC(Oc1cn(-c2ccc(F)cc2)c2ccc(Cl)cc12)OS(C)(=O)=O. The number of halogens is 2. The summed E-state index contributed by atoms with van der Waals surface area (Å²) in [5, 5.41) is 1.19. The van der Waals surface area contributed by atoms with E-state index in [2.05, 4.69) is 0 Å². The molecule has 2 aromatic carbocycles. The fourth-order valence-corrected chi connectivity index (χ4v) is 3.23. The lowest BCUT2D eigenvalue weighted by atomic mass is 10.2. The van der Waals surface area contributed by atoms with Gasteiger partial charge in [-0.25, -0.2) is 8.57 Å². The van der Waals surface area contributed by atoms with Gasteiger partial charge in [-0.2, -0.15) is 8.42 Å². The molecule has 132 valence electrons. The summed E-state index contributed by atoms with van der Waals surface area (Å²) in [6.45, 7) is 1.48. The van der Waals surface area contributed by atoms with E-state index in [1.165, 1.54) is 19.1 Å². The maximum Gasteiger partial charge on any atom is 0.267 e. The van der Waals surface area contributed by atoms with E-state index in [4.69, 9.17) is 20.5 Å². The summed E-state index contributed by atoms with van der Waals surface area (Å²) in [4.78, 5) is 0. The van der Waals surface area contributed by atoms with Crippen LogP contribution in [0.4, 0.5) is 4.39 Å². The maximum atomic E-state index is 13.2. The molecule has 0 aliphatic carbocycles. The number of hydrogen-bond donors (Lipinski definition) is 0. The summed E-state index contributed by atoms with van der Waals surface area (Å²) >= 11 is 6.07. The molecule has 0 aliphatic heterocycles. The van der Waals surface area contributed by atoms with Crippen molar-refractivity contribution >= 4 is 32.6 Å². The molecule has 0 saturated heterocycles. The normalized spacial score (nSPS) is 13.1. The molecule has 0 N–H and O–H groups in total. The lowest BCUT2D eigenvalue weighted by Crippen LogP contribution is -2.20. The number of fused-ring (bicyclic) bond motifs is 1. The quantitative estimate of drug-likeness (QED) is 0.491. The average Bonchev–Trinajstić information content (AvgIpc) is 2.84. The zero-order valence-corrected chi connectivity index (χ0v) is 15.0. The zero-order chi connectivity index (χ0) is 18.2. The van der Waals surface area contributed by atoms with Gasteiger partial charge in [-0.15, -0.1) is 0 Å². The van der Waals surface area contributed by atoms with E-state index >= 15 is 0 Å². The molecule has 1 heterocycles. The molecule has 0 fully saturated rings. The van der Waals surface area contributed by atoms with E-state index in [-0.39, 0.29) is 5.82 Å². The summed E-state index contributed by atoms with van der Waals surface area (Å²) in [5.41, 5.74) is 1.50. The molecular formula is C17H15ClFNO4S. The first kappa shape index (κ1) is 17.7. The number of aromatic nitrogens is 1. The first-order valence-corrected chi connectivity index (χ1v) is 9.54. The van der Waals surface area contributed by atoms with Gasteiger partial charge in [0.1, 0.15) is 11.6 Å². The predicted molar refractivity (Wildman–Crippen MR) is 94.3 cm³/mol. The van der Waals surface area contributed by atoms with Gasteiger partial charge in [0, 0.05) is 16.1 Å². The molecule has 1 aromatic heterocycles. The molecule has 1 unspecified atom stereocenters. The van der Waals surface area contributed by atoms with Crippen molar-refractivity contribution in [3.8, 4) is 11.4 Å². The second kappa shape index (κ2) is 6.67. The maximum absolute atomic E-state index is 13.2. The van der Waals surface area contributed by atoms with Crippen molar-refractivity contribution in [2.75, 3.05) is 6.26 Å². The van der Waals surface area contributed by atoms with Crippen LogP contribution in [0.2, 0.25) is 5.02 Å². The van der Waals surface area contributed by atoms with Crippen LogP contribution in [0.15, 0.2) is 48.7 Å². The van der Waals surface area contributed by atoms with Gasteiger partial charge in [0.05, 0.1) is 18.0 Å². The molecule has 0 radical (unpaired) electrons. The van der Waals surface area contributed by atoms with Gasteiger partial charge in [0.2, 0.25) is 6.29 Å². The van der Waals surface area contributed by atoms with Crippen molar-refractivity contribution in [1.29, 1.82) is 0 Å². The highest BCUT2D eigenvalue weighted by Crippen LogP contribution is 2.33. The Balaban J connectivity index is 2.06. The van der Waals surface area contributed by atoms with Gasteiger partial charge < -0.3 is 9.30 Å². The van der Waals surface area contributed by atoms with Crippen LogP contribution in [0.1, 0.15) is 6.92 Å². The summed E-state index contributed by atoms with van der Waals surface area (Å²) in [5.74, 6) is 0.0629. The number of benzene rings is 2. The molecule has 3 aromatic rings. The molecular weight excluding hydrogens is 369 g/mol. The third-order valence-electron chi connectivity index (χ3n) is 3.44. The van der Waals surface area contributed by atoms with Crippen LogP contribution >= 0.6 is 11.6 Å². The van der Waals surface area contributed by atoms with Crippen molar-refractivity contribution in [3.63, 3.8) is 0 Å². The van der Waals surface area contributed by atoms with E-state index in [9.17, 15) is 12.8 Å². The van der Waals surface area contributed by atoms with Crippen molar-refractivity contribution in [2.24, 2.45) is 0 Å². The summed E-state index contributed by atoms with van der Waals surface area (Å²) < 4.78 is 47.9. The van der Waals surface area contributed by atoms with E-state index in [0.717, 1.165) is 17.5 Å². The second-order valence-electron chi connectivity index (χ2n) is 5.49. The second-order valence-corrected chi connectivity index (χ2v) is 7.52. The van der Waals surface area contributed by atoms with Crippen molar-refractivity contribution < 1.29 is 21.7 Å². The molecule has 0 saturated carbocycles. The Bertz CT molecular complexity index is 1020. The lowest BCUT2D eigenvalue weighted by Gasteiger charge is -2.12. The monoisotopic (exact) mass is 383 g/mol. The molecule has 0 bridgehead atoms. The highest BCUT2D eigenvalue weighted by atomic mass is 35.5. The highest BCUT2D eigenvalue weighted by Gasteiger charge is 2.17. The van der Waals surface area contributed by atoms with E-state index in [1.807, 2.05) is 0 Å². The number of nitrogens with zero attached hydrogens (tertiary/aromatic N) is 1. The average molecular weight is 384 g/mol. The Labute approximate surface area is 149 Å². The standard InChI is InChI=1S/C17H15ClFNO4S/c1-11(24-25(2,21)22)23-17-10-20(14-6-4-13(19)5-7-14)16-8-3-12(18)9-15(16)17/h3-11H,1-2H3. The fraction of sp³-hybridized carbons (Fsp3) is 0.176. The minimum absolute atomic E-state index is 0.338. The van der Waals surface area contributed by atoms with Gasteiger partial charge in [0.15, 0.2) is 0 Å². The molecule has 0 spiro atoms. The largest absolute Gasteiger partial charge is 0.462 e. The smallest absolute Gasteiger partial charge is 0.267 e. The lowest BCUT2D eigenvalue weighted by molar-refractivity contribution is 0.0303. The first-order valence-electron chi connectivity index (χ1n) is 7.34. The van der Waals surface area contributed by atoms with E-state index < -0.39 is 16.4 Å². The topological polar surface area (TPSA) is 57.5 Å². The van der Waals surface area contributed by atoms with Crippen LogP contribution in [0.25, 0.3) is 16.6 Å². The minimum atomic E-state index is -3.65. The van der Waals surface area contributed by atoms with Crippen LogP contribution in [0.3, 0.4) is 0 Å². The Morgan fingerprint density at radius 2 is 1.84 bits per heavy atom. The molecule has 1 atom stereocenters. The van der Waals surface area contributed by atoms with Gasteiger partial charge >= 0.3 is 0 Å². The van der Waals surface area contributed by atoms with Crippen LogP contribution in [0.5, 0.6) is 5.75 Å². The summed E-state index contributed by atoms with van der Waals surface area (Å²) in [7, 11) is -3.65. The Hall–Kier alpha value is -2.09. The summed E-state index contributed by atoms with van der Waals surface area (Å²) in [6, 6.07) is 11.2. The van der Waals surface area contributed by atoms with Crippen molar-refractivity contribution in [1.82, 2.24) is 4.57 Å². The van der Waals surface area contributed by atoms with Crippen LogP contribution in [0, 0.1) is 5.82 Å². The van der Waals surface area contributed by atoms with Gasteiger partial charge in [-0.1, -0.05) is 11.6 Å². The van der Waals surface area contributed by atoms with Gasteiger partial charge in [0.25, 0.3) is 10.1 Å². The van der Waals surface area contributed by atoms with Crippen molar-refractivity contribution in [3.05, 3.63) is 59.5 Å². The Kier molecular flexibility index (Phi) is 4.73. The van der Waals surface area contributed by atoms with E-state index in [1.54, 1.807) is 41.1 Å². The van der Waals surface area contributed by atoms with E-state index in [0.29, 0.717) is 16.2 Å². The Morgan fingerprint density at radius 1 is 1.16 bits per heavy atom. The summed E-state index contributed by atoms with van der Waals surface area (Å²) in [6.07, 6.45) is 1.61. The molecule has 3 rings (SSSR count). The number of ether oxygens (including phenoxy) is 1. The van der Waals surface area contributed by atoms with Gasteiger partial charge in [-0.3, -0.25) is 0 Å². The van der Waals surface area contributed by atoms with Crippen LogP contribution in [-0.4, -0.2) is 25.5 Å². The number of rotatable bonds is 5. The molecule has 5 nitrogen and oxygen atoms in total. The molecule has 8 heteroatoms. The molecule has 0 amide bonds. The third-order valence-corrected chi connectivity index (χ3v) is 4.29. The molecule has 0 aliphatic rings. The first-order chi connectivity index (χ1) is 11.7. The zero-order valence-electron chi connectivity index (χ0n) is 13.4. The fourth-order valence-electron chi connectivity index (χ4n) is 2.53. The molecule has 25 heavy (non-hydrogen) atoms. The minimum Gasteiger partial charge on any atom is -0.462 e. The predicted octanol–water partition coefficient (Wildman–Crippen LogP) is 4.12. The Morgan fingerprint density at radius 3 is 2.48 bits per heavy atom. The van der Waals surface area contributed by atoms with Crippen molar-refractivity contribution in [2.45, 2.75) is 13.2 Å². The third kappa shape index (κ3) is 4.12. The number of hydrogen-bond acceptors (Lipinski definition) is 4. The van der Waals surface area contributed by atoms with Gasteiger partial charge in [-0.05, 0) is 49.4 Å².